The van der Waals surface area contributed by atoms with Gasteiger partial charge in [0, 0.05) is 5.88 Å². The van der Waals surface area contributed by atoms with Crippen LogP contribution >= 0.6 is 11.6 Å². The van der Waals surface area contributed by atoms with Crippen molar-refractivity contribution in [2.24, 2.45) is 0 Å². The first-order valence-corrected chi connectivity index (χ1v) is 6.18. The van der Waals surface area contributed by atoms with E-state index in [0.717, 1.165) is 0 Å². The van der Waals surface area contributed by atoms with Crippen LogP contribution in [0.1, 0.15) is 36.8 Å². The Hall–Kier alpha value is -0.750. The van der Waals surface area contributed by atoms with Crippen LogP contribution in [-0.2, 0) is 0 Å². The quantitative estimate of drug-likeness (QED) is 0.641. The maximum atomic E-state index is 6.01. The second-order valence-corrected chi connectivity index (χ2v) is 4.56. The zero-order chi connectivity index (χ0) is 10.7. The summed E-state index contributed by atoms with van der Waals surface area (Å²) in [5, 5.41) is 0. The number of halogens is 1. The standard InChI is InChI=1S/C14H17Cl/c1-11-5-4-7-12(9-11)14-8-3-2-6-13(14)10-15/h4-5,7,9H,2-3,6,8,10H2,1H3. The maximum absolute atomic E-state index is 6.01. The van der Waals surface area contributed by atoms with Crippen LogP contribution in [0.15, 0.2) is 29.8 Å². The van der Waals surface area contributed by atoms with Crippen LogP contribution in [0.5, 0.6) is 0 Å². The van der Waals surface area contributed by atoms with E-state index in [0.29, 0.717) is 5.88 Å². The summed E-state index contributed by atoms with van der Waals surface area (Å²) in [5.74, 6) is 0.698. The molecule has 1 aliphatic carbocycles. The van der Waals surface area contributed by atoms with Crippen molar-refractivity contribution in [3.63, 3.8) is 0 Å². The molecule has 0 atom stereocenters. The number of hydrogen-bond donors (Lipinski definition) is 0. The zero-order valence-electron chi connectivity index (χ0n) is 9.22. The highest BCUT2D eigenvalue weighted by Crippen LogP contribution is 2.33. The van der Waals surface area contributed by atoms with Crippen molar-refractivity contribution < 1.29 is 0 Å². The first-order chi connectivity index (χ1) is 7.31. The summed E-state index contributed by atoms with van der Waals surface area (Å²) in [5.41, 5.74) is 5.67. The number of allylic oxidation sites excluding steroid dienone is 2. The second-order valence-electron chi connectivity index (χ2n) is 4.29. The average Bonchev–Trinajstić information content (AvgIpc) is 2.29. The Morgan fingerprint density at radius 1 is 1.20 bits per heavy atom. The Bertz CT molecular complexity index is 377. The van der Waals surface area contributed by atoms with Crippen molar-refractivity contribution in [2.45, 2.75) is 32.6 Å². The third-order valence-corrected chi connectivity index (χ3v) is 3.43. The van der Waals surface area contributed by atoms with Crippen molar-refractivity contribution in [1.82, 2.24) is 0 Å². The van der Waals surface area contributed by atoms with Gasteiger partial charge in [-0.3, -0.25) is 0 Å². The minimum Gasteiger partial charge on any atom is -0.122 e. The van der Waals surface area contributed by atoms with E-state index in [4.69, 9.17) is 11.6 Å². The predicted octanol–water partition coefficient (Wildman–Crippen LogP) is 4.56. The van der Waals surface area contributed by atoms with Gasteiger partial charge in [-0.1, -0.05) is 35.4 Å². The third kappa shape index (κ3) is 2.43. The van der Waals surface area contributed by atoms with E-state index in [9.17, 15) is 0 Å². The highest BCUT2D eigenvalue weighted by Gasteiger charge is 2.13. The number of rotatable bonds is 2. The van der Waals surface area contributed by atoms with Crippen LogP contribution in [0.3, 0.4) is 0 Å². The molecule has 0 fully saturated rings. The first-order valence-electron chi connectivity index (χ1n) is 5.65. The molecule has 0 radical (unpaired) electrons. The van der Waals surface area contributed by atoms with Gasteiger partial charge in [-0.05, 0) is 43.7 Å². The molecule has 0 bridgehead atoms. The summed E-state index contributed by atoms with van der Waals surface area (Å²) in [6.07, 6.45) is 5.00. The predicted molar refractivity (Wildman–Crippen MR) is 67.3 cm³/mol. The number of alkyl halides is 1. The topological polar surface area (TPSA) is 0 Å². The van der Waals surface area contributed by atoms with Crippen LogP contribution in [0.4, 0.5) is 0 Å². The highest BCUT2D eigenvalue weighted by atomic mass is 35.5. The molecule has 0 heterocycles. The molecular formula is C14H17Cl. The van der Waals surface area contributed by atoms with E-state index in [2.05, 4.69) is 31.2 Å². The van der Waals surface area contributed by atoms with Gasteiger partial charge >= 0.3 is 0 Å². The van der Waals surface area contributed by atoms with E-state index < -0.39 is 0 Å². The van der Waals surface area contributed by atoms with Crippen molar-refractivity contribution in [2.75, 3.05) is 5.88 Å². The van der Waals surface area contributed by atoms with E-state index in [1.54, 1.807) is 0 Å². The zero-order valence-corrected chi connectivity index (χ0v) is 9.98. The molecule has 1 heteroatoms. The monoisotopic (exact) mass is 220 g/mol. The second kappa shape index (κ2) is 4.85. The Morgan fingerprint density at radius 2 is 2.00 bits per heavy atom. The fourth-order valence-electron chi connectivity index (χ4n) is 2.30. The van der Waals surface area contributed by atoms with Gasteiger partial charge in [-0.15, -0.1) is 11.6 Å². The summed E-state index contributed by atoms with van der Waals surface area (Å²) in [7, 11) is 0. The Kier molecular flexibility index (Phi) is 3.48. The molecule has 0 amide bonds. The molecule has 1 aromatic carbocycles. The summed E-state index contributed by atoms with van der Waals surface area (Å²) in [6.45, 7) is 2.15. The van der Waals surface area contributed by atoms with Crippen molar-refractivity contribution in [3.8, 4) is 0 Å². The fraction of sp³-hybridized carbons (Fsp3) is 0.429. The Labute approximate surface area is 97.0 Å². The van der Waals surface area contributed by atoms with Gasteiger partial charge in [0.25, 0.3) is 0 Å². The van der Waals surface area contributed by atoms with Gasteiger partial charge in [0.15, 0.2) is 0 Å². The lowest BCUT2D eigenvalue weighted by Crippen LogP contribution is -2.00. The summed E-state index contributed by atoms with van der Waals surface area (Å²) in [6, 6.07) is 8.76. The molecule has 0 nitrogen and oxygen atoms in total. The summed E-state index contributed by atoms with van der Waals surface area (Å²) >= 11 is 6.01. The van der Waals surface area contributed by atoms with Crippen LogP contribution in [0.25, 0.3) is 5.57 Å². The minimum atomic E-state index is 0.698. The SMILES string of the molecule is Cc1cccc(C2=C(CCl)CCCC2)c1. The van der Waals surface area contributed by atoms with E-state index in [-0.39, 0.29) is 0 Å². The van der Waals surface area contributed by atoms with Gasteiger partial charge in [-0.2, -0.15) is 0 Å². The van der Waals surface area contributed by atoms with Gasteiger partial charge in [0.1, 0.15) is 0 Å². The molecule has 2 rings (SSSR count). The number of aryl methyl sites for hydroxylation is 1. The third-order valence-electron chi connectivity index (χ3n) is 3.11. The molecule has 0 saturated heterocycles. The van der Waals surface area contributed by atoms with E-state index in [1.807, 2.05) is 0 Å². The molecule has 0 aromatic heterocycles. The van der Waals surface area contributed by atoms with Crippen LogP contribution < -0.4 is 0 Å². The summed E-state index contributed by atoms with van der Waals surface area (Å²) < 4.78 is 0. The van der Waals surface area contributed by atoms with Crippen molar-refractivity contribution in [3.05, 3.63) is 41.0 Å². The fourth-order valence-corrected chi connectivity index (χ4v) is 2.59. The van der Waals surface area contributed by atoms with Crippen LogP contribution in [0.2, 0.25) is 0 Å². The molecule has 0 saturated carbocycles. The lowest BCUT2D eigenvalue weighted by Gasteiger charge is -2.19. The normalized spacial score (nSPS) is 16.9. The molecule has 1 aliphatic rings. The van der Waals surface area contributed by atoms with E-state index >= 15 is 0 Å². The maximum Gasteiger partial charge on any atom is 0.0439 e. The first kappa shape index (κ1) is 10.8. The van der Waals surface area contributed by atoms with Crippen molar-refractivity contribution in [1.29, 1.82) is 0 Å². The van der Waals surface area contributed by atoms with Gasteiger partial charge in [0.05, 0.1) is 0 Å². The molecule has 0 aliphatic heterocycles. The molecule has 0 spiro atoms. The molecule has 0 unspecified atom stereocenters. The lowest BCUT2D eigenvalue weighted by atomic mass is 9.88. The highest BCUT2D eigenvalue weighted by molar-refractivity contribution is 6.20. The molecule has 15 heavy (non-hydrogen) atoms. The lowest BCUT2D eigenvalue weighted by molar-refractivity contribution is 0.715. The average molecular weight is 221 g/mol. The number of hydrogen-bond acceptors (Lipinski definition) is 0. The Morgan fingerprint density at radius 3 is 2.73 bits per heavy atom. The smallest absolute Gasteiger partial charge is 0.0439 e. The Balaban J connectivity index is 2.39. The van der Waals surface area contributed by atoms with Gasteiger partial charge in [-0.25, -0.2) is 0 Å². The van der Waals surface area contributed by atoms with Gasteiger partial charge < -0.3 is 0 Å². The number of benzene rings is 1. The van der Waals surface area contributed by atoms with Crippen molar-refractivity contribution >= 4 is 17.2 Å². The van der Waals surface area contributed by atoms with E-state index in [1.165, 1.54) is 48.0 Å². The summed E-state index contributed by atoms with van der Waals surface area (Å²) in [4.78, 5) is 0. The molecule has 0 N–H and O–H groups in total. The van der Waals surface area contributed by atoms with Gasteiger partial charge in [0.2, 0.25) is 0 Å². The molecule has 1 aromatic rings. The van der Waals surface area contributed by atoms with Crippen LogP contribution in [-0.4, -0.2) is 5.88 Å². The minimum absolute atomic E-state index is 0.698. The largest absolute Gasteiger partial charge is 0.122 e. The van der Waals surface area contributed by atoms with Crippen LogP contribution in [0, 0.1) is 6.92 Å². The molecule has 80 valence electrons. The molecular weight excluding hydrogens is 204 g/mol.